The van der Waals surface area contributed by atoms with Gasteiger partial charge in [-0.15, -0.1) is 11.8 Å². The van der Waals surface area contributed by atoms with E-state index in [9.17, 15) is 22.8 Å². The largest absolute Gasteiger partial charge is 0.480 e. The average molecular weight is 319 g/mol. The first kappa shape index (κ1) is 15.7. The summed E-state index contributed by atoms with van der Waals surface area (Å²) in [6.45, 7) is 1.75. The highest BCUT2D eigenvalue weighted by Crippen LogP contribution is 2.33. The SMILES string of the molecule is CCC1SCC(C(=O)O)N1C(=O)c1ccc(F)c(F)c1F. The second-order valence-corrected chi connectivity index (χ2v) is 5.70. The van der Waals surface area contributed by atoms with Crippen molar-refractivity contribution in [3.8, 4) is 0 Å². The third-order valence-corrected chi connectivity index (χ3v) is 4.68. The Hall–Kier alpha value is -1.70. The molecule has 1 aliphatic rings. The fraction of sp³-hybridized carbons (Fsp3) is 0.385. The summed E-state index contributed by atoms with van der Waals surface area (Å²) < 4.78 is 39.8. The Morgan fingerprint density at radius 2 is 2.00 bits per heavy atom. The maximum Gasteiger partial charge on any atom is 0.327 e. The highest BCUT2D eigenvalue weighted by atomic mass is 32.2. The van der Waals surface area contributed by atoms with Crippen molar-refractivity contribution in [1.29, 1.82) is 0 Å². The van der Waals surface area contributed by atoms with E-state index in [4.69, 9.17) is 5.11 Å². The first-order valence-corrected chi connectivity index (χ1v) is 7.23. The van der Waals surface area contributed by atoms with Gasteiger partial charge in [0, 0.05) is 5.75 Å². The molecule has 2 atom stereocenters. The van der Waals surface area contributed by atoms with Crippen LogP contribution >= 0.6 is 11.8 Å². The highest BCUT2D eigenvalue weighted by molar-refractivity contribution is 8.00. The number of thioether (sulfide) groups is 1. The van der Waals surface area contributed by atoms with Crippen molar-refractivity contribution in [2.24, 2.45) is 0 Å². The van der Waals surface area contributed by atoms with Gasteiger partial charge in [0.25, 0.3) is 5.91 Å². The summed E-state index contributed by atoms with van der Waals surface area (Å²) in [7, 11) is 0. The van der Waals surface area contributed by atoms with Crippen LogP contribution in [0.25, 0.3) is 0 Å². The number of aliphatic carboxylic acids is 1. The number of hydrogen-bond donors (Lipinski definition) is 1. The van der Waals surface area contributed by atoms with Gasteiger partial charge in [-0.1, -0.05) is 6.92 Å². The van der Waals surface area contributed by atoms with Gasteiger partial charge in [-0.2, -0.15) is 0 Å². The lowest BCUT2D eigenvalue weighted by atomic mass is 10.1. The first-order valence-electron chi connectivity index (χ1n) is 6.19. The minimum Gasteiger partial charge on any atom is -0.480 e. The molecular weight excluding hydrogens is 307 g/mol. The molecule has 4 nitrogen and oxygen atoms in total. The smallest absolute Gasteiger partial charge is 0.327 e. The molecule has 1 N–H and O–H groups in total. The Kier molecular flexibility index (Phi) is 4.46. The summed E-state index contributed by atoms with van der Waals surface area (Å²) in [4.78, 5) is 24.5. The van der Waals surface area contributed by atoms with Gasteiger partial charge in [0.1, 0.15) is 6.04 Å². The van der Waals surface area contributed by atoms with Gasteiger partial charge in [0.05, 0.1) is 10.9 Å². The summed E-state index contributed by atoms with van der Waals surface area (Å²) in [5.74, 6) is -6.74. The fourth-order valence-corrected chi connectivity index (χ4v) is 3.52. The molecule has 0 bridgehead atoms. The van der Waals surface area contributed by atoms with Crippen LogP contribution in [0.1, 0.15) is 23.7 Å². The van der Waals surface area contributed by atoms with Crippen LogP contribution in [0.3, 0.4) is 0 Å². The van der Waals surface area contributed by atoms with E-state index in [1.165, 1.54) is 11.8 Å². The maximum atomic E-state index is 13.7. The molecule has 1 fully saturated rings. The number of nitrogens with zero attached hydrogens (tertiary/aromatic N) is 1. The van der Waals surface area contributed by atoms with Crippen LogP contribution in [0.2, 0.25) is 0 Å². The monoisotopic (exact) mass is 319 g/mol. The zero-order valence-electron chi connectivity index (χ0n) is 11.0. The molecule has 2 unspecified atom stereocenters. The summed E-state index contributed by atoms with van der Waals surface area (Å²) >= 11 is 1.26. The Morgan fingerprint density at radius 1 is 1.33 bits per heavy atom. The van der Waals surface area contributed by atoms with Gasteiger partial charge < -0.3 is 10.0 Å². The molecule has 0 saturated carbocycles. The highest BCUT2D eigenvalue weighted by Gasteiger charge is 2.42. The molecule has 1 aliphatic heterocycles. The molecule has 1 saturated heterocycles. The van der Waals surface area contributed by atoms with Crippen molar-refractivity contribution in [1.82, 2.24) is 4.90 Å². The predicted octanol–water partition coefficient (Wildman–Crippen LogP) is 2.48. The molecule has 1 aromatic rings. The molecule has 0 radical (unpaired) electrons. The lowest BCUT2D eigenvalue weighted by Gasteiger charge is -2.26. The molecule has 0 aliphatic carbocycles. The number of carboxylic acids is 1. The second-order valence-electron chi connectivity index (χ2n) is 4.49. The lowest BCUT2D eigenvalue weighted by molar-refractivity contribution is -0.141. The number of rotatable bonds is 3. The van der Waals surface area contributed by atoms with Crippen LogP contribution in [-0.4, -0.2) is 39.1 Å². The number of halogens is 3. The van der Waals surface area contributed by atoms with E-state index < -0.39 is 46.3 Å². The van der Waals surface area contributed by atoms with E-state index in [1.807, 2.05) is 0 Å². The minimum absolute atomic E-state index is 0.172. The third-order valence-electron chi connectivity index (χ3n) is 3.23. The van der Waals surface area contributed by atoms with E-state index in [2.05, 4.69) is 0 Å². The number of hydrogen-bond acceptors (Lipinski definition) is 3. The minimum atomic E-state index is -1.74. The van der Waals surface area contributed by atoms with Gasteiger partial charge in [0.15, 0.2) is 17.5 Å². The van der Waals surface area contributed by atoms with Crippen molar-refractivity contribution < 1.29 is 27.9 Å². The Balaban J connectivity index is 2.42. The average Bonchev–Trinajstić information content (AvgIpc) is 2.88. The quantitative estimate of drug-likeness (QED) is 0.870. The van der Waals surface area contributed by atoms with E-state index in [0.29, 0.717) is 12.5 Å². The molecule has 114 valence electrons. The van der Waals surface area contributed by atoms with Gasteiger partial charge >= 0.3 is 5.97 Å². The summed E-state index contributed by atoms with van der Waals surface area (Å²) in [5, 5.41) is 8.69. The van der Waals surface area contributed by atoms with Gasteiger partial charge in [-0.05, 0) is 18.6 Å². The molecule has 0 aromatic heterocycles. The summed E-state index contributed by atoms with van der Waals surface area (Å²) in [6.07, 6.45) is 0.464. The number of carbonyl (C=O) groups is 2. The van der Waals surface area contributed by atoms with E-state index in [0.717, 1.165) is 11.0 Å². The Morgan fingerprint density at radius 3 is 2.57 bits per heavy atom. The van der Waals surface area contributed by atoms with Crippen LogP contribution in [0.5, 0.6) is 0 Å². The molecule has 21 heavy (non-hydrogen) atoms. The first-order chi connectivity index (χ1) is 9.88. The summed E-state index contributed by atoms with van der Waals surface area (Å²) in [5.41, 5.74) is -0.666. The Labute approximate surface area is 122 Å². The zero-order valence-corrected chi connectivity index (χ0v) is 11.8. The van der Waals surface area contributed by atoms with Crippen molar-refractivity contribution in [2.75, 3.05) is 5.75 Å². The number of benzene rings is 1. The maximum absolute atomic E-state index is 13.7. The zero-order chi connectivity index (χ0) is 15.7. The van der Waals surface area contributed by atoms with Crippen LogP contribution < -0.4 is 0 Å². The van der Waals surface area contributed by atoms with Crippen molar-refractivity contribution >= 4 is 23.6 Å². The second kappa shape index (κ2) is 5.97. The standard InChI is InChI=1S/C13H12F3NO3S/c1-2-9-17(8(5-21-9)13(19)20)12(18)6-3-4-7(14)11(16)10(6)15/h3-4,8-9H,2,5H2,1H3,(H,19,20). The Bertz CT molecular complexity index is 596. The third kappa shape index (κ3) is 2.72. The van der Waals surface area contributed by atoms with E-state index >= 15 is 0 Å². The fourth-order valence-electron chi connectivity index (χ4n) is 2.17. The molecular formula is C13H12F3NO3S. The molecule has 1 heterocycles. The van der Waals surface area contributed by atoms with Crippen molar-refractivity contribution in [2.45, 2.75) is 24.8 Å². The topological polar surface area (TPSA) is 57.6 Å². The molecule has 0 spiro atoms. The molecule has 8 heteroatoms. The van der Waals surface area contributed by atoms with Crippen molar-refractivity contribution in [3.05, 3.63) is 35.1 Å². The lowest BCUT2D eigenvalue weighted by Crippen LogP contribution is -2.45. The number of carboxylic acid groups (broad SMARTS) is 1. The van der Waals surface area contributed by atoms with Gasteiger partial charge in [-0.3, -0.25) is 4.79 Å². The van der Waals surface area contributed by atoms with Crippen molar-refractivity contribution in [3.63, 3.8) is 0 Å². The van der Waals surface area contributed by atoms with E-state index in [1.54, 1.807) is 6.92 Å². The van der Waals surface area contributed by atoms with Crippen LogP contribution in [0.15, 0.2) is 12.1 Å². The predicted molar refractivity (Wildman–Crippen MR) is 70.4 cm³/mol. The van der Waals surface area contributed by atoms with Crippen LogP contribution in [0, 0.1) is 17.5 Å². The van der Waals surface area contributed by atoms with Crippen LogP contribution in [0.4, 0.5) is 13.2 Å². The van der Waals surface area contributed by atoms with Gasteiger partial charge in [0.2, 0.25) is 0 Å². The normalized spacial score (nSPS) is 21.6. The molecule has 1 amide bonds. The molecule has 2 rings (SSSR count). The van der Waals surface area contributed by atoms with Gasteiger partial charge in [-0.25, -0.2) is 18.0 Å². The molecule has 1 aromatic carbocycles. The number of amides is 1. The van der Waals surface area contributed by atoms with Crippen LogP contribution in [-0.2, 0) is 4.79 Å². The van der Waals surface area contributed by atoms with E-state index in [-0.39, 0.29) is 5.75 Å². The number of carbonyl (C=O) groups excluding carboxylic acids is 1. The summed E-state index contributed by atoms with van der Waals surface area (Å²) in [6, 6.07) is 0.357.